The third kappa shape index (κ3) is 4.09. The zero-order chi connectivity index (χ0) is 29.1. The number of para-hydroxylation sites is 1. The fourth-order valence-electron chi connectivity index (χ4n) is 7.14. The Balaban J connectivity index is 1.79. The number of aromatic nitrogens is 2. The molecule has 0 saturated heterocycles. The molecule has 0 radical (unpaired) electrons. The van der Waals surface area contributed by atoms with Gasteiger partial charge in [0.05, 0.1) is 22.1 Å². The number of nitrogens with zero attached hydrogens (tertiary/aromatic N) is 2. The molecule has 0 N–H and O–H groups in total. The predicted octanol–water partition coefficient (Wildman–Crippen LogP) is 11.0. The summed E-state index contributed by atoms with van der Waals surface area (Å²) in [5, 5.41) is 9.25. The second kappa shape index (κ2) is 8.44. The Bertz CT molecular complexity index is 2140. The fraction of sp³-hybridized carbons (Fsp3) is 0.359. The average molecular weight is 539 g/mol. The third-order valence-electron chi connectivity index (χ3n) is 8.74. The van der Waals surface area contributed by atoms with Crippen molar-refractivity contribution in [2.24, 2.45) is 10.8 Å². The third-order valence-corrected chi connectivity index (χ3v) is 8.74. The number of hydrogen-bond acceptors (Lipinski definition) is 1. The lowest BCUT2D eigenvalue weighted by molar-refractivity contribution is 0.412. The highest BCUT2D eigenvalue weighted by Gasteiger charge is 2.27. The van der Waals surface area contributed by atoms with Crippen molar-refractivity contribution in [3.63, 3.8) is 0 Å². The highest BCUT2D eigenvalue weighted by molar-refractivity contribution is 6.29. The van der Waals surface area contributed by atoms with Gasteiger partial charge in [0.1, 0.15) is 0 Å². The minimum atomic E-state index is 0.0887. The van der Waals surface area contributed by atoms with Gasteiger partial charge < -0.3 is 4.40 Å². The minimum absolute atomic E-state index is 0.0887. The van der Waals surface area contributed by atoms with Crippen molar-refractivity contribution >= 4 is 59.8 Å². The molecule has 0 saturated carbocycles. The second-order valence-electron chi connectivity index (χ2n) is 15.8. The van der Waals surface area contributed by atoms with Crippen molar-refractivity contribution in [2.45, 2.75) is 80.6 Å². The van der Waals surface area contributed by atoms with Gasteiger partial charge in [0.25, 0.3) is 0 Å². The topological polar surface area (TPSA) is 17.3 Å². The zero-order valence-electron chi connectivity index (χ0n) is 26.2. The molecule has 0 unspecified atom stereocenters. The van der Waals surface area contributed by atoms with Crippen LogP contribution in [0.15, 0.2) is 66.9 Å². The van der Waals surface area contributed by atoms with Crippen LogP contribution in [0.1, 0.15) is 79.0 Å². The van der Waals surface area contributed by atoms with E-state index in [0.29, 0.717) is 0 Å². The van der Waals surface area contributed by atoms with Gasteiger partial charge in [-0.25, -0.2) is 0 Å². The highest BCUT2D eigenvalue weighted by Crippen LogP contribution is 2.46. The van der Waals surface area contributed by atoms with Gasteiger partial charge in [-0.15, -0.1) is 0 Å². The molecule has 0 aliphatic heterocycles. The molecule has 0 aliphatic carbocycles. The van der Waals surface area contributed by atoms with Crippen LogP contribution in [-0.4, -0.2) is 9.38 Å². The molecule has 41 heavy (non-hydrogen) atoms. The molecule has 0 amide bonds. The summed E-state index contributed by atoms with van der Waals surface area (Å²) in [6.45, 7) is 21.0. The van der Waals surface area contributed by atoms with Crippen molar-refractivity contribution in [1.82, 2.24) is 9.38 Å². The fourth-order valence-corrected chi connectivity index (χ4v) is 7.14. The Morgan fingerprint density at radius 1 is 0.634 bits per heavy atom. The Morgan fingerprint density at radius 2 is 1.37 bits per heavy atom. The standard InChI is InChI=1S/C39H42N2/c1-37(2,3)21-25-18-23-16-17-40-34-29-20-24-19-26(39(7,8)9)14-15-27(24)30(22-38(4,5)6)35(29)41-31-13-11-10-12-28(31)32(25)36(41)33(23)34/h10-20H,21-22H2,1-9H3. The van der Waals surface area contributed by atoms with Crippen LogP contribution >= 0.6 is 0 Å². The summed E-state index contributed by atoms with van der Waals surface area (Å²) in [5.41, 5.74) is 9.70. The summed E-state index contributed by atoms with van der Waals surface area (Å²) in [4.78, 5) is 5.14. The summed E-state index contributed by atoms with van der Waals surface area (Å²) in [6, 6.07) is 23.3. The van der Waals surface area contributed by atoms with E-state index in [1.54, 1.807) is 0 Å². The molecule has 0 bridgehead atoms. The average Bonchev–Trinajstić information content (AvgIpc) is 3.21. The van der Waals surface area contributed by atoms with Crippen LogP contribution < -0.4 is 0 Å². The van der Waals surface area contributed by atoms with E-state index in [1.165, 1.54) is 70.9 Å². The molecule has 7 aromatic rings. The normalized spacial score (nSPS) is 13.7. The first-order valence-electron chi connectivity index (χ1n) is 15.2. The van der Waals surface area contributed by atoms with Crippen molar-refractivity contribution in [1.29, 1.82) is 0 Å². The Labute approximate surface area is 243 Å². The molecule has 0 fully saturated rings. The molecular weight excluding hydrogens is 496 g/mol. The van der Waals surface area contributed by atoms with Crippen molar-refractivity contribution in [3.05, 3.63) is 83.6 Å². The first kappa shape index (κ1) is 26.3. The van der Waals surface area contributed by atoms with Crippen LogP contribution in [0.5, 0.6) is 0 Å². The van der Waals surface area contributed by atoms with E-state index >= 15 is 0 Å². The molecule has 4 aromatic carbocycles. The van der Waals surface area contributed by atoms with E-state index in [1.807, 2.05) is 6.20 Å². The van der Waals surface area contributed by atoms with E-state index in [2.05, 4.69) is 127 Å². The van der Waals surface area contributed by atoms with Crippen molar-refractivity contribution in [2.75, 3.05) is 0 Å². The van der Waals surface area contributed by atoms with E-state index < -0.39 is 0 Å². The van der Waals surface area contributed by atoms with E-state index in [0.717, 1.165) is 18.4 Å². The maximum atomic E-state index is 5.14. The van der Waals surface area contributed by atoms with Crippen molar-refractivity contribution in [3.8, 4) is 0 Å². The van der Waals surface area contributed by atoms with Crippen LogP contribution in [0.2, 0.25) is 0 Å². The number of rotatable bonds is 2. The van der Waals surface area contributed by atoms with E-state index in [9.17, 15) is 0 Å². The summed E-state index contributed by atoms with van der Waals surface area (Å²) < 4.78 is 2.61. The van der Waals surface area contributed by atoms with Crippen molar-refractivity contribution < 1.29 is 0 Å². The first-order valence-corrected chi connectivity index (χ1v) is 15.2. The maximum absolute atomic E-state index is 5.14. The maximum Gasteiger partial charge on any atom is 0.0823 e. The largest absolute Gasteiger partial charge is 0.308 e. The van der Waals surface area contributed by atoms with E-state index in [4.69, 9.17) is 4.98 Å². The van der Waals surface area contributed by atoms with Gasteiger partial charge in [0.15, 0.2) is 0 Å². The summed E-state index contributed by atoms with van der Waals surface area (Å²) in [7, 11) is 0. The molecule has 2 heteroatoms. The quantitative estimate of drug-likeness (QED) is 0.158. The molecule has 208 valence electrons. The molecule has 3 heterocycles. The molecular formula is C39H42N2. The second-order valence-corrected chi connectivity index (χ2v) is 15.8. The first-order chi connectivity index (χ1) is 19.2. The monoisotopic (exact) mass is 538 g/mol. The van der Waals surface area contributed by atoms with Crippen LogP contribution in [0.3, 0.4) is 0 Å². The Hall–Kier alpha value is -3.65. The number of hydrogen-bond donors (Lipinski definition) is 0. The summed E-state index contributed by atoms with van der Waals surface area (Å²) >= 11 is 0. The lowest BCUT2D eigenvalue weighted by Crippen LogP contribution is -2.13. The molecule has 3 aromatic heterocycles. The zero-order valence-corrected chi connectivity index (χ0v) is 26.2. The Kier molecular flexibility index (Phi) is 5.41. The molecule has 7 rings (SSSR count). The van der Waals surface area contributed by atoms with Gasteiger partial charge in [-0.05, 0) is 80.1 Å². The Morgan fingerprint density at radius 3 is 2.07 bits per heavy atom. The number of benzene rings is 4. The smallest absolute Gasteiger partial charge is 0.0823 e. The molecule has 0 aliphatic rings. The molecule has 0 spiro atoms. The number of pyridine rings is 2. The van der Waals surface area contributed by atoms with Crippen LogP contribution in [0.4, 0.5) is 0 Å². The van der Waals surface area contributed by atoms with Crippen LogP contribution in [-0.2, 0) is 18.3 Å². The number of fused-ring (bicyclic) bond motifs is 7. The van der Waals surface area contributed by atoms with Crippen LogP contribution in [0.25, 0.3) is 59.8 Å². The minimum Gasteiger partial charge on any atom is -0.308 e. The van der Waals surface area contributed by atoms with Gasteiger partial charge in [0.2, 0.25) is 0 Å². The van der Waals surface area contributed by atoms with Gasteiger partial charge in [-0.2, -0.15) is 0 Å². The van der Waals surface area contributed by atoms with Gasteiger partial charge in [-0.3, -0.25) is 4.98 Å². The summed E-state index contributed by atoms with van der Waals surface area (Å²) in [5.74, 6) is 0. The highest BCUT2D eigenvalue weighted by atomic mass is 14.9. The lowest BCUT2D eigenvalue weighted by atomic mass is 9.81. The molecule has 2 nitrogen and oxygen atoms in total. The molecule has 0 atom stereocenters. The summed E-state index contributed by atoms with van der Waals surface area (Å²) in [6.07, 6.45) is 4.04. The lowest BCUT2D eigenvalue weighted by Gasteiger charge is -2.25. The van der Waals surface area contributed by atoms with Gasteiger partial charge >= 0.3 is 0 Å². The van der Waals surface area contributed by atoms with Gasteiger partial charge in [-0.1, -0.05) is 105 Å². The van der Waals surface area contributed by atoms with Gasteiger partial charge in [0, 0.05) is 27.7 Å². The van der Waals surface area contributed by atoms with E-state index in [-0.39, 0.29) is 16.2 Å². The van der Waals surface area contributed by atoms with Crippen LogP contribution in [0, 0.1) is 10.8 Å². The predicted molar refractivity (Wildman–Crippen MR) is 179 cm³/mol. The SMILES string of the molecule is CC(C)(C)Cc1cc2ccnc3c4cc5cc(C(C)(C)C)ccc5c(CC(C)(C)C)c4n4c5ccccc5c1c4c23.